The summed E-state index contributed by atoms with van der Waals surface area (Å²) >= 11 is 0. The van der Waals surface area contributed by atoms with Crippen molar-refractivity contribution >= 4 is 109 Å². The van der Waals surface area contributed by atoms with Crippen molar-refractivity contribution in [2.24, 2.45) is 0 Å². The normalized spacial score (nSPS) is 12.2. The Hall–Kier alpha value is -9.85. The second kappa shape index (κ2) is 14.8. The second-order valence-corrected chi connectivity index (χ2v) is 18.7. The van der Waals surface area contributed by atoms with Crippen LogP contribution in [0.4, 0.5) is 0 Å². The summed E-state index contributed by atoms with van der Waals surface area (Å²) in [5, 5.41) is 12.9. The lowest BCUT2D eigenvalue weighted by Gasteiger charge is -2.16. The number of hydrogen-bond acceptors (Lipinski definition) is 5. The van der Waals surface area contributed by atoms with Gasteiger partial charge in [0.15, 0.2) is 17.5 Å². The van der Waals surface area contributed by atoms with Crippen LogP contribution in [0.3, 0.4) is 0 Å². The molecule has 11 aromatic carbocycles. The van der Waals surface area contributed by atoms with Crippen molar-refractivity contribution in [1.82, 2.24) is 24.1 Å². The third kappa shape index (κ3) is 5.58. The summed E-state index contributed by atoms with van der Waals surface area (Å²) in [6, 6.07) is 79.0. The molecule has 5 aromatic heterocycles. The van der Waals surface area contributed by atoms with Gasteiger partial charge < -0.3 is 18.0 Å². The molecular weight excluding hydrogens is 883 g/mol. The second-order valence-electron chi connectivity index (χ2n) is 18.7. The van der Waals surface area contributed by atoms with Crippen LogP contribution >= 0.6 is 0 Å². The van der Waals surface area contributed by atoms with E-state index >= 15 is 0 Å². The van der Waals surface area contributed by atoms with Crippen molar-refractivity contribution in [3.63, 3.8) is 0 Å². The standard InChI is InChI=1S/C65H37N5O2/c1-2-20-42(21-3-1)69-51-28-12-9-23-44(51)59-46(25-14-29-52(59)69)63-66-64(47-26-15-31-56-60(47)45-24-10-13-30-55(45)71-56)68-65(67-63)62-53(32-33-57-61(62)49-35-39-17-5-7-19-41(39)37-58(49)72-57)70-50-27-11-8-22-43(50)48-34-38-16-4-6-18-40(38)36-54(48)70/h1-37H. The van der Waals surface area contributed by atoms with Gasteiger partial charge in [0.25, 0.3) is 0 Å². The molecule has 0 N–H and O–H groups in total. The fraction of sp³-hybridized carbons (Fsp3) is 0. The molecule has 7 heteroatoms. The van der Waals surface area contributed by atoms with Crippen molar-refractivity contribution in [3.8, 4) is 45.5 Å². The van der Waals surface area contributed by atoms with Gasteiger partial charge in [-0.3, -0.25) is 0 Å². The zero-order valence-electron chi connectivity index (χ0n) is 38.4. The average Bonchev–Trinajstić information content (AvgIpc) is 4.19. The zero-order chi connectivity index (χ0) is 47.0. The van der Waals surface area contributed by atoms with E-state index in [-0.39, 0.29) is 0 Å². The highest BCUT2D eigenvalue weighted by Gasteiger charge is 2.27. The largest absolute Gasteiger partial charge is 0.456 e. The summed E-state index contributed by atoms with van der Waals surface area (Å²) < 4.78 is 18.2. The van der Waals surface area contributed by atoms with Crippen LogP contribution in [0, 0.1) is 0 Å². The maximum atomic E-state index is 6.91. The Labute approximate surface area is 410 Å². The average molecular weight is 920 g/mol. The molecule has 334 valence electrons. The van der Waals surface area contributed by atoms with Gasteiger partial charge in [0.1, 0.15) is 22.3 Å². The highest BCUT2D eigenvalue weighted by atomic mass is 16.3. The Morgan fingerprint density at radius 2 is 0.833 bits per heavy atom. The molecule has 0 amide bonds. The first-order chi connectivity index (χ1) is 35.7. The number of benzene rings is 11. The lowest BCUT2D eigenvalue weighted by atomic mass is 10.00. The number of furan rings is 2. The van der Waals surface area contributed by atoms with Crippen LogP contribution in [0.1, 0.15) is 0 Å². The number of para-hydroxylation sites is 4. The van der Waals surface area contributed by atoms with Crippen molar-refractivity contribution in [2.45, 2.75) is 0 Å². The minimum Gasteiger partial charge on any atom is -0.456 e. The van der Waals surface area contributed by atoms with Gasteiger partial charge in [-0.1, -0.05) is 146 Å². The van der Waals surface area contributed by atoms with Crippen molar-refractivity contribution in [3.05, 3.63) is 224 Å². The highest BCUT2D eigenvalue weighted by Crippen LogP contribution is 2.46. The third-order valence-electron chi connectivity index (χ3n) is 14.7. The number of rotatable bonds is 5. The van der Waals surface area contributed by atoms with Crippen LogP contribution in [-0.4, -0.2) is 24.1 Å². The van der Waals surface area contributed by atoms with E-state index in [1.165, 1.54) is 5.39 Å². The smallest absolute Gasteiger partial charge is 0.166 e. The summed E-state index contributed by atoms with van der Waals surface area (Å²) in [4.78, 5) is 17.0. The minimum absolute atomic E-state index is 0.520. The molecule has 0 saturated heterocycles. The fourth-order valence-electron chi connectivity index (χ4n) is 11.6. The van der Waals surface area contributed by atoms with Gasteiger partial charge in [-0.05, 0) is 100 Å². The molecule has 0 atom stereocenters. The van der Waals surface area contributed by atoms with E-state index in [9.17, 15) is 0 Å². The fourth-order valence-corrected chi connectivity index (χ4v) is 11.6. The van der Waals surface area contributed by atoms with Gasteiger partial charge in [0.2, 0.25) is 0 Å². The SMILES string of the molecule is c1ccc(-n2c3ccccc3c3c(-c4nc(-c5cccc6oc7ccccc7c56)nc(-c5c(-n6c7ccccc7c7cc8ccccc8cc76)ccc6oc7cc8ccccc8cc7c56)n4)cccc32)cc1. The van der Waals surface area contributed by atoms with Gasteiger partial charge in [0, 0.05) is 59.9 Å². The molecule has 0 radical (unpaired) electrons. The van der Waals surface area contributed by atoms with E-state index in [4.69, 9.17) is 23.8 Å². The van der Waals surface area contributed by atoms with Crippen LogP contribution in [0.15, 0.2) is 233 Å². The van der Waals surface area contributed by atoms with Crippen LogP contribution in [-0.2, 0) is 0 Å². The first-order valence-corrected chi connectivity index (χ1v) is 24.3. The predicted octanol–water partition coefficient (Wildman–Crippen LogP) is 17.2. The van der Waals surface area contributed by atoms with E-state index in [0.29, 0.717) is 17.5 Å². The van der Waals surface area contributed by atoms with Gasteiger partial charge in [-0.2, -0.15) is 0 Å². The monoisotopic (exact) mass is 919 g/mol. The number of aromatic nitrogens is 5. The van der Waals surface area contributed by atoms with E-state index in [0.717, 1.165) is 132 Å². The Balaban J connectivity index is 1.08. The van der Waals surface area contributed by atoms with E-state index in [1.54, 1.807) is 0 Å². The quantitative estimate of drug-likeness (QED) is 0.172. The third-order valence-corrected chi connectivity index (χ3v) is 14.7. The van der Waals surface area contributed by atoms with Crippen molar-refractivity contribution in [2.75, 3.05) is 0 Å². The minimum atomic E-state index is 0.520. The van der Waals surface area contributed by atoms with E-state index in [2.05, 4.69) is 209 Å². The Bertz CT molecular complexity index is 4940. The van der Waals surface area contributed by atoms with Crippen molar-refractivity contribution < 1.29 is 8.83 Å². The van der Waals surface area contributed by atoms with Gasteiger partial charge >= 0.3 is 0 Å². The van der Waals surface area contributed by atoms with Gasteiger partial charge in [-0.15, -0.1) is 0 Å². The maximum Gasteiger partial charge on any atom is 0.166 e. The molecule has 0 aliphatic rings. The van der Waals surface area contributed by atoms with Crippen LogP contribution in [0.2, 0.25) is 0 Å². The van der Waals surface area contributed by atoms with Crippen molar-refractivity contribution in [1.29, 1.82) is 0 Å². The molecule has 0 fully saturated rings. The Morgan fingerprint density at radius 3 is 1.61 bits per heavy atom. The van der Waals surface area contributed by atoms with Crippen LogP contribution in [0.5, 0.6) is 0 Å². The number of nitrogens with zero attached hydrogens (tertiary/aromatic N) is 5. The zero-order valence-corrected chi connectivity index (χ0v) is 38.4. The molecule has 16 rings (SSSR count). The number of fused-ring (bicyclic) bond motifs is 14. The van der Waals surface area contributed by atoms with Gasteiger partial charge in [0.05, 0.1) is 33.3 Å². The molecule has 0 spiro atoms. The van der Waals surface area contributed by atoms with Crippen LogP contribution < -0.4 is 0 Å². The lowest BCUT2D eigenvalue weighted by molar-refractivity contribution is 0.669. The Morgan fingerprint density at radius 1 is 0.292 bits per heavy atom. The summed E-state index contributed by atoms with van der Waals surface area (Å²) in [5.41, 5.74) is 12.0. The summed E-state index contributed by atoms with van der Waals surface area (Å²) in [6.45, 7) is 0. The molecular formula is C65H37N5O2. The molecule has 16 aromatic rings. The molecule has 0 saturated carbocycles. The molecule has 0 unspecified atom stereocenters. The number of hydrogen-bond donors (Lipinski definition) is 0. The lowest BCUT2D eigenvalue weighted by Crippen LogP contribution is -2.04. The summed E-state index contributed by atoms with van der Waals surface area (Å²) in [5.74, 6) is 1.60. The predicted molar refractivity (Wildman–Crippen MR) is 294 cm³/mol. The molecule has 7 nitrogen and oxygen atoms in total. The first kappa shape index (κ1) is 39.0. The van der Waals surface area contributed by atoms with Crippen LogP contribution in [0.25, 0.3) is 155 Å². The van der Waals surface area contributed by atoms with E-state index < -0.39 is 0 Å². The highest BCUT2D eigenvalue weighted by molar-refractivity contribution is 6.20. The molecule has 72 heavy (non-hydrogen) atoms. The summed E-state index contributed by atoms with van der Waals surface area (Å²) in [6.07, 6.45) is 0. The molecule has 0 aliphatic carbocycles. The van der Waals surface area contributed by atoms with Gasteiger partial charge in [-0.25, -0.2) is 15.0 Å². The molecule has 0 aliphatic heterocycles. The summed E-state index contributed by atoms with van der Waals surface area (Å²) in [7, 11) is 0. The maximum absolute atomic E-state index is 6.91. The van der Waals surface area contributed by atoms with E-state index in [1.807, 2.05) is 24.3 Å². The topological polar surface area (TPSA) is 74.8 Å². The Kier molecular flexibility index (Phi) is 8.04. The molecule has 0 bridgehead atoms. The first-order valence-electron chi connectivity index (χ1n) is 24.3. The molecule has 5 heterocycles.